The van der Waals surface area contributed by atoms with Crippen molar-refractivity contribution in [2.24, 2.45) is 0 Å². The molecule has 8 fully saturated rings. The quantitative estimate of drug-likeness (QED) is 0.0419. The van der Waals surface area contributed by atoms with Gasteiger partial charge in [-0.25, -0.2) is 38.8 Å². The van der Waals surface area contributed by atoms with Gasteiger partial charge in [0.1, 0.15) is 0 Å². The highest BCUT2D eigenvalue weighted by Crippen LogP contribution is 2.42. The fourth-order valence-corrected chi connectivity index (χ4v) is 13.3. The van der Waals surface area contributed by atoms with E-state index in [1.165, 1.54) is 0 Å². The van der Waals surface area contributed by atoms with Crippen LogP contribution in [0.3, 0.4) is 0 Å². The molecule has 0 aromatic carbocycles. The normalized spacial score (nSPS) is 23.9. The zero-order chi connectivity index (χ0) is 69.7. The van der Waals surface area contributed by atoms with Crippen molar-refractivity contribution in [3.63, 3.8) is 0 Å². The number of amides is 16. The summed E-state index contributed by atoms with van der Waals surface area (Å²) in [6.07, 6.45) is -14.1. The van der Waals surface area contributed by atoms with Crippen LogP contribution in [0, 0.1) is 0 Å². The molecule has 93 heavy (non-hydrogen) atoms. The van der Waals surface area contributed by atoms with Gasteiger partial charge in [-0.05, 0) is 12.8 Å². The van der Waals surface area contributed by atoms with Gasteiger partial charge < -0.3 is 19.4 Å². The van der Waals surface area contributed by atoms with Gasteiger partial charge in [-0.2, -0.15) is 33.7 Å². The van der Waals surface area contributed by atoms with Gasteiger partial charge in [0.15, 0.2) is 21.0 Å². The molecule has 0 radical (unpaired) electrons. The van der Waals surface area contributed by atoms with Crippen LogP contribution in [0.2, 0.25) is 0 Å². The van der Waals surface area contributed by atoms with Crippen molar-refractivity contribution in [2.75, 3.05) is 0 Å². The number of rotatable bonds is 23. The van der Waals surface area contributed by atoms with E-state index in [2.05, 4.69) is 4.84 Å². The van der Waals surface area contributed by atoms with Crippen molar-refractivity contribution in [1.29, 1.82) is 0 Å². The van der Waals surface area contributed by atoms with Crippen molar-refractivity contribution < 1.29 is 167 Å². The van der Waals surface area contributed by atoms with Crippen LogP contribution in [-0.2, 0) is 156 Å². The molecule has 4 N–H and O–H groups in total. The van der Waals surface area contributed by atoms with Gasteiger partial charge in [0.05, 0.1) is 32.1 Å². The molecular formula is C45H46N8O36S4. The summed E-state index contributed by atoms with van der Waals surface area (Å²) in [5.74, 6) is -29.5. The van der Waals surface area contributed by atoms with E-state index in [4.69, 9.17) is 14.5 Å². The molecule has 16 amide bonds. The fraction of sp³-hybridized carbons (Fsp3) is 0.556. The van der Waals surface area contributed by atoms with Gasteiger partial charge in [0.2, 0.25) is 35.0 Å². The van der Waals surface area contributed by atoms with E-state index in [9.17, 15) is 148 Å². The summed E-state index contributed by atoms with van der Waals surface area (Å²) < 4.78 is 134. The number of hydrogen-bond donors (Lipinski definition) is 4. The molecule has 44 nitrogen and oxygen atoms in total. The van der Waals surface area contributed by atoms with Crippen LogP contribution in [0.1, 0.15) is 122 Å². The molecule has 48 heteroatoms. The van der Waals surface area contributed by atoms with Gasteiger partial charge >= 0.3 is 23.9 Å². The molecule has 8 aliphatic heterocycles. The smallest absolute Gasteiger partial charge is 0.330 e. The minimum Gasteiger partial charge on any atom is -0.330 e. The third-order valence-electron chi connectivity index (χ3n) is 14.8. The molecule has 506 valence electrons. The monoisotopic (exact) mass is 1400 g/mol. The Morgan fingerprint density at radius 3 is 0.785 bits per heavy atom. The molecule has 4 unspecified atom stereocenters. The number of hydrogen-bond acceptors (Lipinski definition) is 32. The van der Waals surface area contributed by atoms with Crippen LogP contribution in [0.25, 0.3) is 0 Å². The summed E-state index contributed by atoms with van der Waals surface area (Å²) in [6, 6.07) is 0. The molecule has 0 saturated carbocycles. The maximum Gasteiger partial charge on any atom is 0.380 e. The van der Waals surface area contributed by atoms with Crippen LogP contribution >= 0.6 is 0 Å². The molecule has 0 aromatic heterocycles. The predicted molar refractivity (Wildman–Crippen MR) is 274 cm³/mol. The number of imide groups is 8. The van der Waals surface area contributed by atoms with E-state index < -0.39 is 284 Å². The largest absolute Gasteiger partial charge is 0.380 e. The summed E-state index contributed by atoms with van der Waals surface area (Å²) in [4.78, 5) is 273. The summed E-state index contributed by atoms with van der Waals surface area (Å²) in [5, 5.41) is -10.5. The highest BCUT2D eigenvalue weighted by Gasteiger charge is 2.70. The molecule has 4 atom stereocenters. The van der Waals surface area contributed by atoms with Crippen LogP contribution in [-0.4, -0.2) is 242 Å². The Kier molecular flexibility index (Phi) is 19.8. The second-order valence-corrected chi connectivity index (χ2v) is 27.2. The third kappa shape index (κ3) is 13.8. The standard InChI is InChI=1S/C24H26N4O18S2.C21H20N4O18S2/c29-14-5-6-15(30)27(14)45-20(35)4-2-1-3-9-24(23(38)46-28-16(31)7-8-17(28)32,25-18(33)10-12(21(25)36)47(39,40)41)26-19(34)11-13(22(26)37)48(42,43)44;26-11-1-2-12(27)24(11)42-17(32)5-6-21(20(35)43-25-13(28)3-4-14(25)29,22-15(30)7-9(18(22)33)44(36,37)38)23-16(31)8-10(19(23)34)45(39,40)41/h12-13H,1-11H2,(H,39,40,41)(H,42,43,44);9-10H,1-8H2,(H,36,37,38)(H,39,40,41). The Bertz CT molecular complexity index is 3750. The van der Waals surface area contributed by atoms with Crippen LogP contribution in [0.4, 0.5) is 0 Å². The highest BCUT2D eigenvalue weighted by atomic mass is 32.2. The Morgan fingerprint density at radius 1 is 0.323 bits per heavy atom. The zero-order valence-corrected chi connectivity index (χ0v) is 50.1. The maximum atomic E-state index is 14.0. The highest BCUT2D eigenvalue weighted by molar-refractivity contribution is 7.88. The first-order valence-electron chi connectivity index (χ1n) is 26.6. The predicted octanol–water partition coefficient (Wildman–Crippen LogP) is -7.41. The van der Waals surface area contributed by atoms with Crippen LogP contribution in [0.15, 0.2) is 0 Å². The lowest BCUT2D eigenvalue weighted by molar-refractivity contribution is -0.217. The Hall–Kier alpha value is -9.36. The lowest BCUT2D eigenvalue weighted by Gasteiger charge is -2.43. The number of likely N-dealkylation sites (tertiary alicyclic amines) is 4. The van der Waals surface area contributed by atoms with Crippen LogP contribution < -0.4 is 0 Å². The van der Waals surface area contributed by atoms with Crippen molar-refractivity contribution in [1.82, 2.24) is 39.9 Å². The van der Waals surface area contributed by atoms with E-state index in [0.29, 0.717) is 0 Å². The average Bonchev–Trinajstić information content (AvgIpc) is 1.63. The molecule has 0 aliphatic carbocycles. The summed E-state index contributed by atoms with van der Waals surface area (Å²) in [6.45, 7) is 0. The van der Waals surface area contributed by atoms with E-state index in [-0.39, 0.29) is 68.6 Å². The van der Waals surface area contributed by atoms with Crippen molar-refractivity contribution in [3.05, 3.63) is 0 Å². The number of unbranched alkanes of at least 4 members (excludes halogenated alkanes) is 2. The summed E-state index contributed by atoms with van der Waals surface area (Å²) in [5.41, 5.74) is -7.18. The van der Waals surface area contributed by atoms with E-state index in [1.807, 2.05) is 0 Å². The average molecular weight is 1400 g/mol. The number of carbonyl (C=O) groups excluding carboxylic acids is 20. The molecule has 0 spiro atoms. The number of carbonyl (C=O) groups is 20. The van der Waals surface area contributed by atoms with E-state index >= 15 is 0 Å². The first kappa shape index (κ1) is 71.1. The van der Waals surface area contributed by atoms with Gasteiger partial charge in [-0.1, -0.05) is 6.42 Å². The topological polar surface area (TPSA) is 622 Å². The fourth-order valence-electron chi connectivity index (χ4n) is 10.5. The minimum atomic E-state index is -5.47. The third-order valence-corrected chi connectivity index (χ3v) is 19.2. The first-order valence-corrected chi connectivity index (χ1v) is 32.6. The van der Waals surface area contributed by atoms with Gasteiger partial charge in [-0.15, -0.1) is 20.3 Å². The van der Waals surface area contributed by atoms with Crippen LogP contribution in [0.5, 0.6) is 0 Å². The molecule has 8 saturated heterocycles. The molecule has 0 bridgehead atoms. The maximum absolute atomic E-state index is 14.0. The summed E-state index contributed by atoms with van der Waals surface area (Å²) in [7, 11) is -21.7. The van der Waals surface area contributed by atoms with Crippen molar-refractivity contribution >= 4 is 159 Å². The Balaban J connectivity index is 0.000000264. The SMILES string of the molecule is O=C(CCC(C(=O)ON1C(=O)CCC1=O)(N1C(=O)CC(S(=O)(=O)O)C1=O)N1C(=O)CC(S(=O)(=O)O)C1=O)ON1C(=O)CCC1=O.O=C(CCCCCC(C(=O)ON1C(=O)CCC1=O)(N1C(=O)CC(S(=O)(=O)O)C1=O)N1C(=O)CC(S(=O)(=O)O)C1=O)ON1C(=O)CCC1=O. The van der Waals surface area contributed by atoms with Gasteiger partial charge in [-0.3, -0.25) is 94.9 Å². The van der Waals surface area contributed by atoms with E-state index in [0.717, 1.165) is 0 Å². The molecular weight excluding hydrogens is 1360 g/mol. The molecule has 8 heterocycles. The Morgan fingerprint density at radius 2 is 0.548 bits per heavy atom. The zero-order valence-electron chi connectivity index (χ0n) is 46.8. The van der Waals surface area contributed by atoms with E-state index in [1.54, 1.807) is 0 Å². The lowest BCUT2D eigenvalue weighted by atomic mass is 9.96. The van der Waals surface area contributed by atoms with Gasteiger partial charge in [0, 0.05) is 70.6 Å². The minimum absolute atomic E-state index is 0.0188. The second-order valence-electron chi connectivity index (χ2n) is 20.8. The lowest BCUT2D eigenvalue weighted by Crippen LogP contribution is -2.70. The number of hydroxylamine groups is 8. The second kappa shape index (κ2) is 26.0. The molecule has 8 aliphatic rings. The first-order chi connectivity index (χ1) is 42.9. The molecule has 0 aromatic rings. The molecule has 8 rings (SSSR count). The number of nitrogens with zero attached hydrogens (tertiary/aromatic N) is 8. The van der Waals surface area contributed by atoms with Gasteiger partial charge in [0.25, 0.3) is 111 Å². The summed E-state index contributed by atoms with van der Waals surface area (Å²) >= 11 is 0. The van der Waals surface area contributed by atoms with Crippen molar-refractivity contribution in [3.8, 4) is 0 Å². The Labute approximate surface area is 518 Å². The van der Waals surface area contributed by atoms with Crippen molar-refractivity contribution in [2.45, 2.75) is 154 Å².